The molecule has 0 N–H and O–H groups in total. The highest BCUT2D eigenvalue weighted by atomic mass is 79.9. The summed E-state index contributed by atoms with van der Waals surface area (Å²) in [6.45, 7) is 2.95. The van der Waals surface area contributed by atoms with Gasteiger partial charge in [0.15, 0.2) is 0 Å². The number of halogens is 1. The van der Waals surface area contributed by atoms with Crippen molar-refractivity contribution >= 4 is 32.7 Å². The maximum Gasteiger partial charge on any atom is 0.133 e. The van der Waals surface area contributed by atoms with Crippen LogP contribution in [0.3, 0.4) is 0 Å². The summed E-state index contributed by atoms with van der Waals surface area (Å²) in [5, 5.41) is 2.05. The molecule has 1 atom stereocenters. The van der Waals surface area contributed by atoms with E-state index in [0.717, 1.165) is 36.4 Å². The first kappa shape index (κ1) is 13.8. The van der Waals surface area contributed by atoms with Gasteiger partial charge in [0.2, 0.25) is 0 Å². The number of pyridine rings is 1. The van der Waals surface area contributed by atoms with Crippen LogP contribution in [0.2, 0.25) is 0 Å². The largest absolute Gasteiger partial charge is 0.384 e. The Morgan fingerprint density at radius 3 is 3.05 bits per heavy atom. The predicted molar refractivity (Wildman–Crippen MR) is 86.6 cm³/mol. The van der Waals surface area contributed by atoms with E-state index in [9.17, 15) is 0 Å². The normalized spacial score (nSPS) is 18.9. The van der Waals surface area contributed by atoms with Gasteiger partial charge in [-0.1, -0.05) is 34.1 Å². The van der Waals surface area contributed by atoms with Gasteiger partial charge in [-0.25, -0.2) is 4.98 Å². The Morgan fingerprint density at radius 1 is 1.40 bits per heavy atom. The second-order valence-electron chi connectivity index (χ2n) is 5.35. The fraction of sp³-hybridized carbons (Fsp3) is 0.438. The Balaban J connectivity index is 1.94. The molecule has 2 aromatic rings. The molecule has 1 aliphatic heterocycles. The summed E-state index contributed by atoms with van der Waals surface area (Å²) in [5.74, 6) is 1.75. The second-order valence-corrected chi connectivity index (χ2v) is 5.91. The third kappa shape index (κ3) is 2.67. The molecule has 1 aliphatic rings. The van der Waals surface area contributed by atoms with Crippen molar-refractivity contribution in [3.05, 3.63) is 35.9 Å². The molecule has 1 aromatic heterocycles. The molecule has 0 saturated carbocycles. The number of alkyl halides is 1. The zero-order valence-electron chi connectivity index (χ0n) is 11.7. The van der Waals surface area contributed by atoms with Gasteiger partial charge in [0.25, 0.3) is 0 Å². The highest BCUT2D eigenvalue weighted by Gasteiger charge is 2.25. The number of para-hydroxylation sites is 1. The Labute approximate surface area is 128 Å². The van der Waals surface area contributed by atoms with Gasteiger partial charge < -0.3 is 9.64 Å². The summed E-state index contributed by atoms with van der Waals surface area (Å²) in [5.41, 5.74) is 2.34. The third-order valence-electron chi connectivity index (χ3n) is 3.91. The van der Waals surface area contributed by atoms with E-state index in [1.54, 1.807) is 7.11 Å². The van der Waals surface area contributed by atoms with Crippen molar-refractivity contribution < 1.29 is 4.74 Å². The van der Waals surface area contributed by atoms with Gasteiger partial charge in [-0.15, -0.1) is 0 Å². The zero-order chi connectivity index (χ0) is 13.9. The molecule has 0 amide bonds. The van der Waals surface area contributed by atoms with Crippen molar-refractivity contribution in [2.75, 3.05) is 31.7 Å². The van der Waals surface area contributed by atoms with Crippen LogP contribution in [0.15, 0.2) is 30.3 Å². The molecule has 2 heterocycles. The standard InChI is InChI=1S/C16H19BrN2O/c1-20-11-12-6-7-19(10-12)16-14(9-17)8-13-4-2-3-5-15(13)18-16/h2-5,8,12H,6-7,9-11H2,1H3. The minimum absolute atomic E-state index is 0.622. The molecule has 1 fully saturated rings. The van der Waals surface area contributed by atoms with Crippen LogP contribution in [-0.2, 0) is 10.1 Å². The number of aromatic nitrogens is 1. The molecule has 3 rings (SSSR count). The van der Waals surface area contributed by atoms with Gasteiger partial charge in [-0.2, -0.15) is 0 Å². The number of methoxy groups -OCH3 is 1. The van der Waals surface area contributed by atoms with E-state index < -0.39 is 0 Å². The van der Waals surface area contributed by atoms with E-state index in [0.29, 0.717) is 5.92 Å². The van der Waals surface area contributed by atoms with Gasteiger partial charge in [0, 0.05) is 42.4 Å². The first-order valence-corrected chi connectivity index (χ1v) is 8.12. The minimum Gasteiger partial charge on any atom is -0.384 e. The molecular formula is C16H19BrN2O. The first-order chi connectivity index (χ1) is 9.81. The van der Waals surface area contributed by atoms with Gasteiger partial charge in [0.1, 0.15) is 5.82 Å². The van der Waals surface area contributed by atoms with Gasteiger partial charge in [0.05, 0.1) is 12.1 Å². The van der Waals surface area contributed by atoms with E-state index in [2.05, 4.69) is 45.1 Å². The number of nitrogens with zero attached hydrogens (tertiary/aromatic N) is 2. The molecular weight excluding hydrogens is 316 g/mol. The van der Waals surface area contributed by atoms with Gasteiger partial charge in [-0.05, 0) is 18.6 Å². The van der Waals surface area contributed by atoms with E-state index in [4.69, 9.17) is 9.72 Å². The minimum atomic E-state index is 0.622. The Morgan fingerprint density at radius 2 is 2.25 bits per heavy atom. The van der Waals surface area contributed by atoms with Crippen molar-refractivity contribution in [3.63, 3.8) is 0 Å². The zero-order valence-corrected chi connectivity index (χ0v) is 13.3. The predicted octanol–water partition coefficient (Wildman–Crippen LogP) is 3.60. The monoisotopic (exact) mass is 334 g/mol. The quantitative estimate of drug-likeness (QED) is 0.799. The molecule has 0 aliphatic carbocycles. The molecule has 1 saturated heterocycles. The molecule has 106 valence electrons. The molecule has 3 nitrogen and oxygen atoms in total. The maximum absolute atomic E-state index is 5.28. The van der Waals surface area contributed by atoms with Crippen molar-refractivity contribution in [1.29, 1.82) is 0 Å². The number of hydrogen-bond acceptors (Lipinski definition) is 3. The van der Waals surface area contributed by atoms with Crippen molar-refractivity contribution in [2.45, 2.75) is 11.8 Å². The van der Waals surface area contributed by atoms with Gasteiger partial charge >= 0.3 is 0 Å². The van der Waals surface area contributed by atoms with Crippen LogP contribution < -0.4 is 4.90 Å². The third-order valence-corrected chi connectivity index (χ3v) is 4.52. The summed E-state index contributed by atoms with van der Waals surface area (Å²) in [7, 11) is 1.78. The Hall–Kier alpha value is -1.13. The number of ether oxygens (including phenoxy) is 1. The van der Waals surface area contributed by atoms with Crippen LogP contribution in [0.25, 0.3) is 10.9 Å². The number of hydrogen-bond donors (Lipinski definition) is 0. The highest BCUT2D eigenvalue weighted by molar-refractivity contribution is 9.08. The smallest absolute Gasteiger partial charge is 0.133 e. The fourth-order valence-electron chi connectivity index (χ4n) is 2.92. The molecule has 0 radical (unpaired) electrons. The lowest BCUT2D eigenvalue weighted by Crippen LogP contribution is -2.23. The van der Waals surface area contributed by atoms with E-state index >= 15 is 0 Å². The van der Waals surface area contributed by atoms with Crippen LogP contribution in [0.5, 0.6) is 0 Å². The van der Waals surface area contributed by atoms with Crippen molar-refractivity contribution in [2.24, 2.45) is 5.92 Å². The summed E-state index contributed by atoms with van der Waals surface area (Å²) < 4.78 is 5.28. The Bertz CT molecular complexity index is 602. The molecule has 1 aromatic carbocycles. The van der Waals surface area contributed by atoms with Crippen LogP contribution >= 0.6 is 15.9 Å². The van der Waals surface area contributed by atoms with Crippen LogP contribution in [0, 0.1) is 5.92 Å². The highest BCUT2D eigenvalue weighted by Crippen LogP contribution is 2.29. The van der Waals surface area contributed by atoms with E-state index in [1.807, 2.05) is 6.07 Å². The van der Waals surface area contributed by atoms with Gasteiger partial charge in [-0.3, -0.25) is 0 Å². The number of benzene rings is 1. The van der Waals surface area contributed by atoms with Crippen LogP contribution in [-0.4, -0.2) is 31.8 Å². The second kappa shape index (κ2) is 6.10. The fourth-order valence-corrected chi connectivity index (χ4v) is 3.33. The Kier molecular flexibility index (Phi) is 4.22. The van der Waals surface area contributed by atoms with Crippen LogP contribution in [0.4, 0.5) is 5.82 Å². The van der Waals surface area contributed by atoms with Crippen LogP contribution in [0.1, 0.15) is 12.0 Å². The molecule has 1 unspecified atom stereocenters. The molecule has 20 heavy (non-hydrogen) atoms. The summed E-state index contributed by atoms with van der Waals surface area (Å²) >= 11 is 3.60. The maximum atomic E-state index is 5.28. The lowest BCUT2D eigenvalue weighted by atomic mass is 10.1. The van der Waals surface area contributed by atoms with Crippen molar-refractivity contribution in [1.82, 2.24) is 4.98 Å². The summed E-state index contributed by atoms with van der Waals surface area (Å²) in [6.07, 6.45) is 1.18. The lowest BCUT2D eigenvalue weighted by molar-refractivity contribution is 0.161. The number of rotatable bonds is 4. The average molecular weight is 335 g/mol. The number of fused-ring (bicyclic) bond motifs is 1. The first-order valence-electron chi connectivity index (χ1n) is 7.00. The topological polar surface area (TPSA) is 25.4 Å². The molecule has 4 heteroatoms. The molecule has 0 bridgehead atoms. The lowest BCUT2D eigenvalue weighted by Gasteiger charge is -2.21. The SMILES string of the molecule is COCC1CCN(c2nc3ccccc3cc2CBr)C1. The van der Waals surface area contributed by atoms with E-state index in [1.165, 1.54) is 17.4 Å². The van der Waals surface area contributed by atoms with E-state index in [-0.39, 0.29) is 0 Å². The van der Waals surface area contributed by atoms with Crippen molar-refractivity contribution in [3.8, 4) is 0 Å². The number of anilines is 1. The molecule has 0 spiro atoms. The average Bonchev–Trinajstić information content (AvgIpc) is 2.94. The summed E-state index contributed by atoms with van der Waals surface area (Å²) in [4.78, 5) is 7.27. The summed E-state index contributed by atoms with van der Waals surface area (Å²) in [6, 6.07) is 10.6.